The summed E-state index contributed by atoms with van der Waals surface area (Å²) in [6, 6.07) is 7.10. The molecule has 20 heavy (non-hydrogen) atoms. The maximum absolute atomic E-state index is 12.1. The molecular weight excluding hydrogens is 296 g/mol. The van der Waals surface area contributed by atoms with Crippen molar-refractivity contribution in [2.75, 3.05) is 16.4 Å². The molecule has 0 spiro atoms. The smallest absolute Gasteiger partial charge is 0.269 e. The molecule has 0 aliphatic carbocycles. The van der Waals surface area contributed by atoms with Crippen LogP contribution < -0.4 is 16.4 Å². The third-order valence-electron chi connectivity index (χ3n) is 2.37. The van der Waals surface area contributed by atoms with Crippen molar-refractivity contribution >= 4 is 45.5 Å². The molecule has 1 heterocycles. The molecule has 1 amide bonds. The molecule has 0 radical (unpaired) electrons. The number of anilines is 3. The Balaban J connectivity index is 2.12. The summed E-state index contributed by atoms with van der Waals surface area (Å²) < 4.78 is 0. The van der Waals surface area contributed by atoms with Crippen LogP contribution in [0, 0.1) is 0 Å². The van der Waals surface area contributed by atoms with Crippen LogP contribution in [-0.2, 0) is 0 Å². The molecule has 1 aromatic heterocycles. The highest BCUT2D eigenvalue weighted by atomic mass is 35.5. The Morgan fingerprint density at radius 2 is 2.00 bits per heavy atom. The van der Waals surface area contributed by atoms with Gasteiger partial charge in [-0.1, -0.05) is 22.9 Å². The number of thiazole rings is 1. The van der Waals surface area contributed by atoms with E-state index in [9.17, 15) is 4.79 Å². The third-order valence-corrected chi connectivity index (χ3v) is 3.63. The minimum absolute atomic E-state index is 0.226. The molecule has 0 aliphatic heterocycles. The Labute approximate surface area is 126 Å². The molecule has 0 unspecified atom stereocenters. The summed E-state index contributed by atoms with van der Waals surface area (Å²) in [4.78, 5) is 16.7. The second kappa shape index (κ2) is 6.11. The average Bonchev–Trinajstić information content (AvgIpc) is 2.72. The van der Waals surface area contributed by atoms with E-state index in [2.05, 4.69) is 15.6 Å². The zero-order valence-electron chi connectivity index (χ0n) is 11.1. The number of rotatable bonds is 4. The molecule has 7 heteroatoms. The maximum Gasteiger partial charge on any atom is 0.269 e. The van der Waals surface area contributed by atoms with Gasteiger partial charge in [-0.25, -0.2) is 4.98 Å². The summed E-state index contributed by atoms with van der Waals surface area (Å²) in [5.41, 5.74) is 6.43. The first-order chi connectivity index (χ1) is 9.45. The summed E-state index contributed by atoms with van der Waals surface area (Å²) in [5, 5.41) is 7.13. The number of halogens is 1. The fraction of sp³-hybridized carbons (Fsp3) is 0.231. The predicted octanol–water partition coefficient (Wildman–Crippen LogP) is 3.45. The highest BCUT2D eigenvalue weighted by Crippen LogP contribution is 2.26. The van der Waals surface area contributed by atoms with Crippen LogP contribution in [0.2, 0.25) is 5.02 Å². The second-order valence-electron chi connectivity index (χ2n) is 4.49. The lowest BCUT2D eigenvalue weighted by molar-refractivity contribution is 0.103. The van der Waals surface area contributed by atoms with E-state index >= 15 is 0 Å². The average molecular weight is 311 g/mol. The molecule has 5 nitrogen and oxygen atoms in total. The van der Waals surface area contributed by atoms with E-state index < -0.39 is 0 Å². The first-order valence-electron chi connectivity index (χ1n) is 6.05. The van der Waals surface area contributed by atoms with E-state index in [1.54, 1.807) is 24.3 Å². The lowest BCUT2D eigenvalue weighted by atomic mass is 10.3. The van der Waals surface area contributed by atoms with Gasteiger partial charge in [-0.2, -0.15) is 0 Å². The lowest BCUT2D eigenvalue weighted by Gasteiger charge is -2.04. The van der Waals surface area contributed by atoms with Gasteiger partial charge in [-0.05, 0) is 38.1 Å². The Morgan fingerprint density at radius 3 is 2.60 bits per heavy atom. The summed E-state index contributed by atoms with van der Waals surface area (Å²) in [7, 11) is 0. The van der Waals surface area contributed by atoms with Gasteiger partial charge in [0.05, 0.1) is 0 Å². The number of hydrogen-bond donors (Lipinski definition) is 3. The summed E-state index contributed by atoms with van der Waals surface area (Å²) in [6.07, 6.45) is 0. The van der Waals surface area contributed by atoms with E-state index in [1.165, 1.54) is 11.3 Å². The number of aromatic nitrogens is 1. The number of nitrogens with two attached hydrogens (primary N) is 1. The molecule has 0 fully saturated rings. The molecule has 0 saturated carbocycles. The van der Waals surface area contributed by atoms with Crippen molar-refractivity contribution in [2.24, 2.45) is 0 Å². The molecule has 2 rings (SSSR count). The minimum Gasteiger partial charge on any atom is -0.382 e. The first kappa shape index (κ1) is 14.6. The predicted molar refractivity (Wildman–Crippen MR) is 84.7 cm³/mol. The number of nitrogen functional groups attached to an aromatic ring is 1. The van der Waals surface area contributed by atoms with Crippen molar-refractivity contribution in [1.82, 2.24) is 4.98 Å². The van der Waals surface area contributed by atoms with Crippen LogP contribution in [0.25, 0.3) is 0 Å². The quantitative estimate of drug-likeness (QED) is 0.808. The van der Waals surface area contributed by atoms with Crippen molar-refractivity contribution in [1.29, 1.82) is 0 Å². The largest absolute Gasteiger partial charge is 0.382 e. The van der Waals surface area contributed by atoms with E-state index in [0.29, 0.717) is 20.7 Å². The molecule has 0 saturated heterocycles. The van der Waals surface area contributed by atoms with Crippen molar-refractivity contribution in [3.8, 4) is 0 Å². The van der Waals surface area contributed by atoms with Gasteiger partial charge in [0.1, 0.15) is 10.7 Å². The molecule has 0 bridgehead atoms. The van der Waals surface area contributed by atoms with Gasteiger partial charge in [0.2, 0.25) is 0 Å². The molecule has 2 aromatic rings. The fourth-order valence-corrected chi connectivity index (χ4v) is 2.58. The SMILES string of the molecule is CC(C)Nc1nc(N)c(C(=O)Nc2ccc(Cl)cc2)s1. The summed E-state index contributed by atoms with van der Waals surface area (Å²) in [5.74, 6) is -0.0521. The van der Waals surface area contributed by atoms with Gasteiger partial charge in [0, 0.05) is 16.8 Å². The van der Waals surface area contributed by atoms with Gasteiger partial charge < -0.3 is 16.4 Å². The highest BCUT2D eigenvalue weighted by Gasteiger charge is 2.16. The summed E-state index contributed by atoms with van der Waals surface area (Å²) in [6.45, 7) is 3.98. The molecule has 0 aliphatic rings. The number of nitrogens with one attached hydrogen (secondary N) is 2. The van der Waals surface area contributed by atoms with E-state index in [0.717, 1.165) is 0 Å². The number of carbonyl (C=O) groups excluding carboxylic acids is 1. The normalized spacial score (nSPS) is 10.6. The van der Waals surface area contributed by atoms with Gasteiger partial charge in [-0.15, -0.1) is 0 Å². The van der Waals surface area contributed by atoms with Crippen LogP contribution in [0.1, 0.15) is 23.5 Å². The standard InChI is InChI=1S/C13H15ClN4OS/c1-7(2)16-13-18-11(15)10(20-13)12(19)17-9-5-3-8(14)4-6-9/h3-7H,15H2,1-2H3,(H,16,18)(H,17,19). The second-order valence-corrected chi connectivity index (χ2v) is 5.93. The van der Waals surface area contributed by atoms with Crippen LogP contribution in [0.3, 0.4) is 0 Å². The molecule has 106 valence electrons. The topological polar surface area (TPSA) is 80.0 Å². The first-order valence-corrected chi connectivity index (χ1v) is 7.25. The van der Waals surface area contributed by atoms with Crippen molar-refractivity contribution < 1.29 is 4.79 Å². The highest BCUT2D eigenvalue weighted by molar-refractivity contribution is 7.18. The van der Waals surface area contributed by atoms with Crippen LogP contribution in [-0.4, -0.2) is 16.9 Å². The zero-order valence-corrected chi connectivity index (χ0v) is 12.7. The van der Waals surface area contributed by atoms with Crippen molar-refractivity contribution in [2.45, 2.75) is 19.9 Å². The number of hydrogen-bond acceptors (Lipinski definition) is 5. The van der Waals surface area contributed by atoms with Crippen LogP contribution in [0.4, 0.5) is 16.6 Å². The molecular formula is C13H15ClN4OS. The Kier molecular flexibility index (Phi) is 4.46. The Morgan fingerprint density at radius 1 is 1.35 bits per heavy atom. The number of carbonyl (C=O) groups is 1. The van der Waals surface area contributed by atoms with E-state index in [-0.39, 0.29) is 17.8 Å². The lowest BCUT2D eigenvalue weighted by Crippen LogP contribution is -2.12. The maximum atomic E-state index is 12.1. The van der Waals surface area contributed by atoms with Crippen molar-refractivity contribution in [3.63, 3.8) is 0 Å². The van der Waals surface area contributed by atoms with Gasteiger partial charge in [0.15, 0.2) is 5.13 Å². The zero-order chi connectivity index (χ0) is 14.7. The van der Waals surface area contributed by atoms with Gasteiger partial charge in [-0.3, -0.25) is 4.79 Å². The minimum atomic E-state index is -0.279. The molecule has 1 aromatic carbocycles. The molecule has 0 atom stereocenters. The number of benzene rings is 1. The number of amides is 1. The van der Waals surface area contributed by atoms with Crippen molar-refractivity contribution in [3.05, 3.63) is 34.2 Å². The fourth-order valence-electron chi connectivity index (χ4n) is 1.52. The Bertz CT molecular complexity index is 609. The number of nitrogens with zero attached hydrogens (tertiary/aromatic N) is 1. The summed E-state index contributed by atoms with van der Waals surface area (Å²) >= 11 is 7.03. The Hall–Kier alpha value is -1.79. The van der Waals surface area contributed by atoms with E-state index in [1.807, 2.05) is 13.8 Å². The van der Waals surface area contributed by atoms with E-state index in [4.69, 9.17) is 17.3 Å². The van der Waals surface area contributed by atoms with Gasteiger partial charge >= 0.3 is 0 Å². The third kappa shape index (κ3) is 3.61. The van der Waals surface area contributed by atoms with Crippen LogP contribution >= 0.6 is 22.9 Å². The van der Waals surface area contributed by atoms with Crippen LogP contribution in [0.5, 0.6) is 0 Å². The van der Waals surface area contributed by atoms with Gasteiger partial charge in [0.25, 0.3) is 5.91 Å². The van der Waals surface area contributed by atoms with Crippen LogP contribution in [0.15, 0.2) is 24.3 Å². The monoisotopic (exact) mass is 310 g/mol. The molecule has 4 N–H and O–H groups in total.